The van der Waals surface area contributed by atoms with E-state index in [9.17, 15) is 9.90 Å². The van der Waals surface area contributed by atoms with Crippen LogP contribution in [0.3, 0.4) is 0 Å². The molecule has 5 aliphatic rings. The maximum atomic E-state index is 14.4. The largest absolute Gasteiger partial charge is 0.455 e. The van der Waals surface area contributed by atoms with E-state index >= 15 is 0 Å². The van der Waals surface area contributed by atoms with Gasteiger partial charge in [0.15, 0.2) is 23.6 Å². The molecule has 0 aromatic heterocycles. The Morgan fingerprint density at radius 2 is 1.77 bits per heavy atom. The molecule has 1 aromatic carbocycles. The van der Waals surface area contributed by atoms with E-state index in [4.69, 9.17) is 27.8 Å². The fraction of sp³-hybridized carbons (Fsp3) is 0.711. The van der Waals surface area contributed by atoms with Crippen LogP contribution in [0.2, 0.25) is 31.2 Å². The van der Waals surface area contributed by atoms with E-state index in [1.165, 1.54) is 0 Å². The first-order valence-corrected chi connectivity index (χ1v) is 23.6. The minimum atomic E-state index is -2.12. The summed E-state index contributed by atoms with van der Waals surface area (Å²) >= 11 is 0. The molecular weight excluding hydrogens is 641 g/mol. The summed E-state index contributed by atoms with van der Waals surface area (Å²) in [6.07, 6.45) is 0.664. The fourth-order valence-corrected chi connectivity index (χ4v) is 14.6. The van der Waals surface area contributed by atoms with Crippen molar-refractivity contribution in [1.29, 1.82) is 0 Å². The van der Waals surface area contributed by atoms with Gasteiger partial charge in [0, 0.05) is 23.2 Å². The highest BCUT2D eigenvalue weighted by Crippen LogP contribution is 2.67. The first-order valence-electron chi connectivity index (χ1n) is 18.3. The molecule has 2 saturated carbocycles. The third-order valence-electron chi connectivity index (χ3n) is 13.1. The molecule has 2 heterocycles. The molecule has 10 atom stereocenters. The zero-order valence-electron chi connectivity index (χ0n) is 30.5. The van der Waals surface area contributed by atoms with Crippen LogP contribution in [0.25, 0.3) is 0 Å². The molecule has 0 radical (unpaired) electrons. The van der Waals surface area contributed by atoms with Gasteiger partial charge in [-0.15, -0.1) is 0 Å². The van der Waals surface area contributed by atoms with E-state index < -0.39 is 75.9 Å². The second-order valence-electron chi connectivity index (χ2n) is 16.1. The van der Waals surface area contributed by atoms with Crippen LogP contribution >= 0.6 is 0 Å². The minimum Gasteiger partial charge on any atom is -0.455 e. The Morgan fingerprint density at radius 1 is 1.10 bits per heavy atom. The summed E-state index contributed by atoms with van der Waals surface area (Å²) in [7, 11) is -3.96. The van der Waals surface area contributed by atoms with Crippen LogP contribution in [0, 0.1) is 16.7 Å². The summed E-state index contributed by atoms with van der Waals surface area (Å²) in [5.74, 6) is -0.990. The molecule has 10 heteroatoms. The molecule has 0 amide bonds. The monoisotopic (exact) mass is 698 g/mol. The molecule has 8 nitrogen and oxygen atoms in total. The quantitative estimate of drug-likeness (QED) is 0.160. The number of ether oxygens (including phenoxy) is 4. The molecule has 6 rings (SSSR count). The van der Waals surface area contributed by atoms with Crippen molar-refractivity contribution in [3.8, 4) is 0 Å². The lowest BCUT2D eigenvalue weighted by molar-refractivity contribution is -0.341. The SMILES string of the molecule is C=CC1O[C@@H]2C3=C(C)C(O[Si](CC)(CC)CC)C[C@@](O[SiH](C)C)([C@@H](OC(=O)c4ccccc4)[C@H]4[C@@](C)(CC[C@H]5OC[C@]54O)[C@@H]2O1)C3(C)C. The minimum absolute atomic E-state index is 0.162. The van der Waals surface area contributed by atoms with Crippen LogP contribution in [-0.4, -0.2) is 83.1 Å². The van der Waals surface area contributed by atoms with Gasteiger partial charge in [0.05, 0.1) is 30.5 Å². The standard InChI is InChI=1S/C38H58O8Si2/c1-11-28-42-30-29-24(5)26(45-48(12-2,13-3)14-4)22-38(35(29,6)7,46-47(9)10)33(44-34(39)25-18-16-15-17-19-25)31-36(8,32(30)43-28)21-20-27-37(31,40)23-41-27/h11,15-19,26-28,30-33,40,47H,1,12-14,20-23H2,2-10H3/t26?,27-,28?,30-,31+,32-,33+,36-,37+,38-/m1/s1. The first-order chi connectivity index (χ1) is 22.7. The van der Waals surface area contributed by atoms with Gasteiger partial charge in [0.25, 0.3) is 0 Å². The van der Waals surface area contributed by atoms with Gasteiger partial charge in [-0.25, -0.2) is 4.79 Å². The van der Waals surface area contributed by atoms with Gasteiger partial charge in [0.2, 0.25) is 0 Å². The summed E-state index contributed by atoms with van der Waals surface area (Å²) in [5, 5.41) is 12.8. The molecule has 1 N–H and O–H groups in total. The van der Waals surface area contributed by atoms with E-state index in [0.29, 0.717) is 24.8 Å². The summed E-state index contributed by atoms with van der Waals surface area (Å²) in [6.45, 7) is 24.2. The summed E-state index contributed by atoms with van der Waals surface area (Å²) in [5.41, 5.74) is -0.900. The Kier molecular flexibility index (Phi) is 9.68. The van der Waals surface area contributed by atoms with Crippen LogP contribution in [0.5, 0.6) is 0 Å². The number of rotatable bonds is 10. The zero-order valence-corrected chi connectivity index (χ0v) is 32.7. The Morgan fingerprint density at radius 3 is 2.33 bits per heavy atom. The number of carbonyl (C=O) groups is 1. The van der Waals surface area contributed by atoms with E-state index in [2.05, 4.69) is 68.1 Å². The van der Waals surface area contributed by atoms with Gasteiger partial charge in [-0.3, -0.25) is 0 Å². The molecule has 48 heavy (non-hydrogen) atoms. The Balaban J connectivity index is 1.66. The predicted octanol–water partition coefficient (Wildman–Crippen LogP) is 6.94. The van der Waals surface area contributed by atoms with Gasteiger partial charge in [-0.05, 0) is 80.3 Å². The summed E-state index contributed by atoms with van der Waals surface area (Å²) in [4.78, 5) is 14.4. The molecule has 266 valence electrons. The van der Waals surface area contributed by atoms with Crippen LogP contribution in [-0.2, 0) is 27.8 Å². The van der Waals surface area contributed by atoms with Crippen molar-refractivity contribution < 1.29 is 37.7 Å². The molecule has 3 aliphatic carbocycles. The fourth-order valence-electron chi connectivity index (χ4n) is 10.3. The Labute approximate surface area is 290 Å². The van der Waals surface area contributed by atoms with E-state index in [1.54, 1.807) is 18.2 Å². The van der Waals surface area contributed by atoms with Gasteiger partial charge in [-0.2, -0.15) is 0 Å². The van der Waals surface area contributed by atoms with E-state index in [1.807, 2.05) is 18.2 Å². The lowest BCUT2D eigenvalue weighted by Gasteiger charge is -2.68. The number of hydrogen-bond acceptors (Lipinski definition) is 8. The third kappa shape index (κ3) is 5.31. The van der Waals surface area contributed by atoms with Crippen molar-refractivity contribution >= 4 is 23.3 Å². The number of hydrogen-bond donors (Lipinski definition) is 1. The van der Waals surface area contributed by atoms with Crippen molar-refractivity contribution in [3.63, 3.8) is 0 Å². The molecular formula is C38H58O8Si2. The van der Waals surface area contributed by atoms with Crippen LogP contribution in [0.1, 0.15) is 78.1 Å². The smallest absolute Gasteiger partial charge is 0.338 e. The number of fused-ring (bicyclic) bond motifs is 8. The molecule has 0 spiro atoms. The van der Waals surface area contributed by atoms with Gasteiger partial charge in [0.1, 0.15) is 23.4 Å². The molecule has 2 aliphatic heterocycles. The van der Waals surface area contributed by atoms with Gasteiger partial charge >= 0.3 is 5.97 Å². The molecule has 2 saturated heterocycles. The zero-order chi connectivity index (χ0) is 34.9. The van der Waals surface area contributed by atoms with Crippen molar-refractivity contribution in [3.05, 3.63) is 59.7 Å². The average Bonchev–Trinajstić information content (AvgIpc) is 3.48. The molecule has 1 aromatic rings. The van der Waals surface area contributed by atoms with E-state index in [-0.39, 0.29) is 18.8 Å². The number of aliphatic hydroxyl groups is 1. The second-order valence-corrected chi connectivity index (χ2v) is 23.1. The second kappa shape index (κ2) is 12.8. The number of esters is 1. The van der Waals surface area contributed by atoms with Crippen LogP contribution in [0.15, 0.2) is 54.1 Å². The van der Waals surface area contributed by atoms with Crippen molar-refractivity contribution in [2.75, 3.05) is 6.61 Å². The summed E-state index contributed by atoms with van der Waals surface area (Å²) in [6, 6.07) is 12.2. The lowest BCUT2D eigenvalue weighted by atomic mass is 9.45. The highest BCUT2D eigenvalue weighted by Gasteiger charge is 2.76. The first kappa shape index (κ1) is 36.2. The molecule has 2 unspecified atom stereocenters. The van der Waals surface area contributed by atoms with Gasteiger partial charge in [-0.1, -0.05) is 66.3 Å². The van der Waals surface area contributed by atoms with Crippen molar-refractivity contribution in [2.45, 2.75) is 147 Å². The molecule has 2 bridgehead atoms. The van der Waals surface area contributed by atoms with Crippen molar-refractivity contribution in [2.24, 2.45) is 16.7 Å². The maximum absolute atomic E-state index is 14.4. The topological polar surface area (TPSA) is 92.7 Å². The normalized spacial score (nSPS) is 40.2. The highest BCUT2D eigenvalue weighted by molar-refractivity contribution is 6.73. The summed E-state index contributed by atoms with van der Waals surface area (Å²) < 4.78 is 41.6. The van der Waals surface area contributed by atoms with E-state index in [0.717, 1.165) is 29.3 Å². The number of benzene rings is 1. The predicted molar refractivity (Wildman–Crippen MR) is 191 cm³/mol. The average molecular weight is 699 g/mol. The Bertz CT molecular complexity index is 1400. The maximum Gasteiger partial charge on any atom is 0.338 e. The van der Waals surface area contributed by atoms with Crippen LogP contribution in [0.4, 0.5) is 0 Å². The van der Waals surface area contributed by atoms with Crippen molar-refractivity contribution in [1.82, 2.24) is 0 Å². The van der Waals surface area contributed by atoms with Gasteiger partial charge < -0.3 is 32.9 Å². The molecule has 4 fully saturated rings. The Hall–Kier alpha value is -1.64. The lowest BCUT2D eigenvalue weighted by Crippen LogP contribution is -2.79. The van der Waals surface area contributed by atoms with Crippen LogP contribution < -0.4 is 0 Å². The number of carbonyl (C=O) groups excluding carboxylic acids is 1. The third-order valence-corrected chi connectivity index (χ3v) is 18.7. The highest BCUT2D eigenvalue weighted by atomic mass is 28.4.